The number of piperazine rings is 1. The molecule has 0 radical (unpaired) electrons. The molecule has 1 unspecified atom stereocenters. The summed E-state index contributed by atoms with van der Waals surface area (Å²) in [6.07, 6.45) is 5.88. The summed E-state index contributed by atoms with van der Waals surface area (Å²) in [5.41, 5.74) is 0. The van der Waals surface area contributed by atoms with Gasteiger partial charge in [-0.3, -0.25) is 14.4 Å². The molecule has 1 aromatic rings. The van der Waals surface area contributed by atoms with E-state index in [1.807, 2.05) is 4.90 Å². The van der Waals surface area contributed by atoms with Gasteiger partial charge < -0.3 is 29.6 Å². The summed E-state index contributed by atoms with van der Waals surface area (Å²) in [6, 6.07) is 1.63. The van der Waals surface area contributed by atoms with Gasteiger partial charge in [0.2, 0.25) is 17.8 Å². The number of nitrogens with zero attached hydrogens (tertiary/aromatic N) is 7. The summed E-state index contributed by atoms with van der Waals surface area (Å²) in [5, 5.41) is 8.90. The van der Waals surface area contributed by atoms with Gasteiger partial charge in [0.25, 0.3) is 0 Å². The fraction of sp³-hybridized carbons (Fsp3) is 0.720. The molecule has 4 fully saturated rings. The molecule has 5 heterocycles. The normalized spacial score (nSPS) is 22.6. The number of aliphatic carboxylic acids is 1. The van der Waals surface area contributed by atoms with Crippen molar-refractivity contribution in [3.8, 4) is 0 Å². The van der Waals surface area contributed by atoms with Crippen LogP contribution >= 0.6 is 0 Å². The number of likely N-dealkylation sites (tertiary alicyclic amines) is 1. The van der Waals surface area contributed by atoms with E-state index >= 15 is 0 Å². The van der Waals surface area contributed by atoms with Crippen LogP contribution in [0.2, 0.25) is 0 Å². The number of hydrogen-bond acceptors (Lipinski definition) is 8. The van der Waals surface area contributed by atoms with Gasteiger partial charge in [0.15, 0.2) is 0 Å². The SMILES string of the molecule is O=C(O)CCC(=O)N1CCCC1C(=O)N1CCN(c2cc(N3CCCC3)nc(N3CCCC3)n2)CC1. The summed E-state index contributed by atoms with van der Waals surface area (Å²) >= 11 is 0. The van der Waals surface area contributed by atoms with E-state index in [0.29, 0.717) is 39.1 Å². The quantitative estimate of drug-likeness (QED) is 0.591. The Hall–Kier alpha value is -3.11. The predicted molar refractivity (Wildman–Crippen MR) is 135 cm³/mol. The minimum absolute atomic E-state index is 0.0194. The minimum atomic E-state index is -0.993. The number of carboxylic acids is 1. The largest absolute Gasteiger partial charge is 0.481 e. The first-order valence-corrected chi connectivity index (χ1v) is 13.4. The van der Waals surface area contributed by atoms with E-state index in [1.54, 1.807) is 4.90 Å². The minimum Gasteiger partial charge on any atom is -0.481 e. The van der Waals surface area contributed by atoms with Crippen LogP contribution in [0.25, 0.3) is 0 Å². The van der Waals surface area contributed by atoms with E-state index in [4.69, 9.17) is 15.1 Å². The summed E-state index contributed by atoms with van der Waals surface area (Å²) in [5.74, 6) is 1.48. The Labute approximate surface area is 212 Å². The predicted octanol–water partition coefficient (Wildman–Crippen LogP) is 1.18. The number of carboxylic acid groups (broad SMARTS) is 1. The molecule has 11 nitrogen and oxygen atoms in total. The van der Waals surface area contributed by atoms with Crippen molar-refractivity contribution < 1.29 is 19.5 Å². The lowest BCUT2D eigenvalue weighted by atomic mass is 10.1. The van der Waals surface area contributed by atoms with Crippen molar-refractivity contribution in [3.05, 3.63) is 6.07 Å². The molecule has 0 aliphatic carbocycles. The molecule has 0 bridgehead atoms. The summed E-state index contributed by atoms with van der Waals surface area (Å²) in [6.45, 7) is 7.09. The first kappa shape index (κ1) is 24.6. The first-order chi connectivity index (χ1) is 17.5. The van der Waals surface area contributed by atoms with Crippen molar-refractivity contribution in [2.45, 2.75) is 57.4 Å². The van der Waals surface area contributed by atoms with Crippen LogP contribution in [0, 0.1) is 0 Å². The van der Waals surface area contributed by atoms with Crippen LogP contribution in [0.4, 0.5) is 17.6 Å². The molecule has 196 valence electrons. The lowest BCUT2D eigenvalue weighted by Crippen LogP contribution is -2.54. The molecule has 11 heteroatoms. The highest BCUT2D eigenvalue weighted by atomic mass is 16.4. The first-order valence-electron chi connectivity index (χ1n) is 13.4. The van der Waals surface area contributed by atoms with Crippen LogP contribution in [0.3, 0.4) is 0 Å². The Bertz CT molecular complexity index is 935. The zero-order chi connectivity index (χ0) is 25.1. The maximum atomic E-state index is 13.3. The van der Waals surface area contributed by atoms with Crippen molar-refractivity contribution in [2.24, 2.45) is 0 Å². The zero-order valence-electron chi connectivity index (χ0n) is 21.0. The van der Waals surface area contributed by atoms with Crippen molar-refractivity contribution in [1.29, 1.82) is 0 Å². The molecule has 36 heavy (non-hydrogen) atoms. The van der Waals surface area contributed by atoms with Gasteiger partial charge in [-0.1, -0.05) is 0 Å². The average Bonchev–Trinajstić information content (AvgIpc) is 3.69. The number of amides is 2. The Kier molecular flexibility index (Phi) is 7.43. The molecular weight excluding hydrogens is 462 g/mol. The van der Waals surface area contributed by atoms with E-state index in [9.17, 15) is 14.4 Å². The number of hydrogen-bond donors (Lipinski definition) is 1. The molecule has 2 amide bonds. The van der Waals surface area contributed by atoms with Crippen LogP contribution < -0.4 is 14.7 Å². The molecule has 0 aromatic carbocycles. The molecule has 1 aromatic heterocycles. The Morgan fingerprint density at radius 1 is 0.750 bits per heavy atom. The molecule has 4 saturated heterocycles. The Balaban J connectivity index is 1.24. The highest BCUT2D eigenvalue weighted by molar-refractivity contribution is 5.89. The van der Waals surface area contributed by atoms with E-state index < -0.39 is 12.0 Å². The van der Waals surface area contributed by atoms with Crippen molar-refractivity contribution in [3.63, 3.8) is 0 Å². The van der Waals surface area contributed by atoms with E-state index in [0.717, 1.165) is 50.2 Å². The van der Waals surface area contributed by atoms with E-state index in [1.165, 1.54) is 25.7 Å². The molecule has 1 atom stereocenters. The maximum absolute atomic E-state index is 13.3. The zero-order valence-corrected chi connectivity index (χ0v) is 21.0. The number of carbonyl (C=O) groups excluding carboxylic acids is 2. The second-order valence-corrected chi connectivity index (χ2v) is 10.2. The third kappa shape index (κ3) is 5.34. The second-order valence-electron chi connectivity index (χ2n) is 10.2. The van der Waals surface area contributed by atoms with Crippen LogP contribution in [0.5, 0.6) is 0 Å². The van der Waals surface area contributed by atoms with E-state index in [2.05, 4.69) is 20.8 Å². The van der Waals surface area contributed by atoms with Gasteiger partial charge in [-0.2, -0.15) is 9.97 Å². The maximum Gasteiger partial charge on any atom is 0.303 e. The number of carbonyl (C=O) groups is 3. The second kappa shape index (κ2) is 10.9. The fourth-order valence-corrected chi connectivity index (χ4v) is 5.78. The summed E-state index contributed by atoms with van der Waals surface area (Å²) in [7, 11) is 0. The van der Waals surface area contributed by atoms with Crippen molar-refractivity contribution in [1.82, 2.24) is 19.8 Å². The van der Waals surface area contributed by atoms with Crippen molar-refractivity contribution >= 4 is 35.4 Å². The summed E-state index contributed by atoms with van der Waals surface area (Å²) < 4.78 is 0. The van der Waals surface area contributed by atoms with Gasteiger partial charge in [0.05, 0.1) is 6.42 Å². The third-order valence-corrected chi connectivity index (χ3v) is 7.83. The van der Waals surface area contributed by atoms with Crippen LogP contribution in [0.1, 0.15) is 51.4 Å². The molecule has 0 saturated carbocycles. The number of aromatic nitrogens is 2. The standard InChI is InChI=1S/C25H37N7O4/c33-22(7-8-23(34)35)32-13-5-6-19(32)24(36)30-16-14-29(15-17-30)21-18-20(28-9-1-2-10-28)26-25(27-21)31-11-3-4-12-31/h18-19H,1-17H2,(H,34,35). The van der Waals surface area contributed by atoms with Gasteiger partial charge >= 0.3 is 5.97 Å². The molecular formula is C25H37N7O4. The van der Waals surface area contributed by atoms with Crippen LogP contribution in [-0.2, 0) is 14.4 Å². The number of anilines is 3. The highest BCUT2D eigenvalue weighted by Gasteiger charge is 2.37. The summed E-state index contributed by atoms with van der Waals surface area (Å²) in [4.78, 5) is 56.9. The van der Waals surface area contributed by atoms with Crippen LogP contribution in [-0.4, -0.2) is 108 Å². The van der Waals surface area contributed by atoms with Gasteiger partial charge in [-0.25, -0.2) is 0 Å². The average molecular weight is 500 g/mol. The smallest absolute Gasteiger partial charge is 0.303 e. The Morgan fingerprint density at radius 2 is 1.33 bits per heavy atom. The van der Waals surface area contributed by atoms with Gasteiger partial charge in [0.1, 0.15) is 17.7 Å². The van der Waals surface area contributed by atoms with Gasteiger partial charge in [-0.15, -0.1) is 0 Å². The number of rotatable bonds is 7. The topological polar surface area (TPSA) is 113 Å². The van der Waals surface area contributed by atoms with Crippen LogP contribution in [0.15, 0.2) is 6.07 Å². The van der Waals surface area contributed by atoms with E-state index in [-0.39, 0.29) is 24.7 Å². The third-order valence-electron chi connectivity index (χ3n) is 7.83. The van der Waals surface area contributed by atoms with Gasteiger partial charge in [-0.05, 0) is 38.5 Å². The highest BCUT2D eigenvalue weighted by Crippen LogP contribution is 2.28. The molecule has 0 spiro atoms. The Morgan fingerprint density at radius 3 is 1.94 bits per heavy atom. The molecule has 1 N–H and O–H groups in total. The monoisotopic (exact) mass is 499 g/mol. The fourth-order valence-electron chi connectivity index (χ4n) is 5.78. The van der Waals surface area contributed by atoms with Crippen molar-refractivity contribution in [2.75, 3.05) is 73.6 Å². The molecule has 5 rings (SSSR count). The lowest BCUT2D eigenvalue weighted by molar-refractivity contribution is -0.145. The lowest BCUT2D eigenvalue weighted by Gasteiger charge is -2.38. The molecule has 4 aliphatic rings. The van der Waals surface area contributed by atoms with Gasteiger partial charge in [0, 0.05) is 71.4 Å². The molecule has 4 aliphatic heterocycles.